The van der Waals surface area contributed by atoms with Crippen molar-refractivity contribution in [2.24, 2.45) is 5.92 Å². The van der Waals surface area contributed by atoms with E-state index in [-0.39, 0.29) is 10.9 Å². The first-order valence-corrected chi connectivity index (χ1v) is 4.84. The maximum atomic E-state index is 11.0. The van der Waals surface area contributed by atoms with Crippen LogP contribution in [0.15, 0.2) is 6.20 Å². The van der Waals surface area contributed by atoms with Gasteiger partial charge in [0, 0.05) is 0 Å². The first kappa shape index (κ1) is 12.4. The standard InChI is InChI=1S/C8H10ClN3O4/c1-4(2)6(8(13)14)11-3-5(9)7(10-11)12(15)16/h3-4,6H,1-2H3,(H,13,14). The number of aliphatic carboxylic acids is 1. The molecule has 0 saturated heterocycles. The highest BCUT2D eigenvalue weighted by Gasteiger charge is 2.30. The third kappa shape index (κ3) is 2.30. The van der Waals surface area contributed by atoms with E-state index in [2.05, 4.69) is 5.10 Å². The normalized spacial score (nSPS) is 12.8. The molecule has 88 valence electrons. The molecule has 1 atom stereocenters. The van der Waals surface area contributed by atoms with Crippen LogP contribution in [0.25, 0.3) is 0 Å². The number of aromatic nitrogens is 2. The minimum atomic E-state index is -1.11. The van der Waals surface area contributed by atoms with Crippen molar-refractivity contribution < 1.29 is 14.8 Å². The summed E-state index contributed by atoms with van der Waals surface area (Å²) in [5, 5.41) is 22.8. The largest absolute Gasteiger partial charge is 0.480 e. The predicted octanol–water partition coefficient (Wildman–Crippen LogP) is 1.73. The zero-order chi connectivity index (χ0) is 12.5. The lowest BCUT2D eigenvalue weighted by atomic mass is 10.1. The Labute approximate surface area is 95.8 Å². The van der Waals surface area contributed by atoms with Gasteiger partial charge in [0.2, 0.25) is 0 Å². The molecule has 0 fully saturated rings. The van der Waals surface area contributed by atoms with Gasteiger partial charge in [-0.2, -0.15) is 4.68 Å². The van der Waals surface area contributed by atoms with Crippen LogP contribution in [0, 0.1) is 16.0 Å². The van der Waals surface area contributed by atoms with Gasteiger partial charge in [0.05, 0.1) is 11.3 Å². The molecule has 1 heterocycles. The average Bonchev–Trinajstić information content (AvgIpc) is 2.45. The Morgan fingerprint density at radius 1 is 1.69 bits per heavy atom. The van der Waals surface area contributed by atoms with Gasteiger partial charge in [0.25, 0.3) is 0 Å². The summed E-state index contributed by atoms with van der Waals surface area (Å²) < 4.78 is 1.01. The molecule has 0 aliphatic rings. The van der Waals surface area contributed by atoms with Gasteiger partial charge in [-0.25, -0.2) is 4.79 Å². The van der Waals surface area contributed by atoms with E-state index in [1.807, 2.05) is 0 Å². The quantitative estimate of drug-likeness (QED) is 0.645. The molecule has 1 unspecified atom stereocenters. The number of rotatable bonds is 4. The highest BCUT2D eigenvalue weighted by Crippen LogP contribution is 2.26. The molecule has 1 aromatic rings. The lowest BCUT2D eigenvalue weighted by molar-refractivity contribution is -0.389. The van der Waals surface area contributed by atoms with Gasteiger partial charge in [-0.3, -0.25) is 0 Å². The number of carbonyl (C=O) groups is 1. The van der Waals surface area contributed by atoms with Crippen molar-refractivity contribution in [3.8, 4) is 0 Å². The monoisotopic (exact) mass is 247 g/mol. The topological polar surface area (TPSA) is 98.3 Å². The highest BCUT2D eigenvalue weighted by atomic mass is 35.5. The molecular weight excluding hydrogens is 238 g/mol. The van der Waals surface area contributed by atoms with Crippen LogP contribution in [-0.4, -0.2) is 25.8 Å². The minimum Gasteiger partial charge on any atom is -0.480 e. The maximum absolute atomic E-state index is 11.0. The molecule has 16 heavy (non-hydrogen) atoms. The SMILES string of the molecule is CC(C)C(C(=O)O)n1cc(Cl)c([N+](=O)[O-])n1. The molecule has 0 radical (unpaired) electrons. The fourth-order valence-electron chi connectivity index (χ4n) is 1.33. The molecule has 0 amide bonds. The Hall–Kier alpha value is -1.63. The van der Waals surface area contributed by atoms with Crippen molar-refractivity contribution in [3.05, 3.63) is 21.3 Å². The van der Waals surface area contributed by atoms with E-state index in [0.29, 0.717) is 0 Å². The molecule has 0 saturated carbocycles. The number of nitro groups is 1. The van der Waals surface area contributed by atoms with E-state index < -0.39 is 22.8 Å². The van der Waals surface area contributed by atoms with Crippen molar-refractivity contribution in [1.82, 2.24) is 9.78 Å². The predicted molar refractivity (Wildman–Crippen MR) is 55.4 cm³/mol. The Balaban J connectivity index is 3.17. The van der Waals surface area contributed by atoms with Gasteiger partial charge in [-0.1, -0.05) is 25.4 Å². The van der Waals surface area contributed by atoms with Crippen molar-refractivity contribution in [1.29, 1.82) is 0 Å². The van der Waals surface area contributed by atoms with Crippen LogP contribution in [0.1, 0.15) is 19.9 Å². The second-order valence-corrected chi connectivity index (χ2v) is 3.97. The molecule has 7 nitrogen and oxygen atoms in total. The third-order valence-corrected chi connectivity index (χ3v) is 2.28. The third-order valence-electron chi connectivity index (χ3n) is 2.01. The van der Waals surface area contributed by atoms with Crippen molar-refractivity contribution in [2.45, 2.75) is 19.9 Å². The number of carboxylic acid groups (broad SMARTS) is 1. The minimum absolute atomic E-state index is 0.170. The average molecular weight is 248 g/mol. The molecule has 0 aromatic carbocycles. The van der Waals surface area contributed by atoms with Crippen LogP contribution in [0.4, 0.5) is 5.82 Å². The smallest absolute Gasteiger partial charge is 0.408 e. The van der Waals surface area contributed by atoms with E-state index in [1.165, 1.54) is 0 Å². The van der Waals surface area contributed by atoms with Gasteiger partial charge in [-0.05, 0) is 10.8 Å². The van der Waals surface area contributed by atoms with Gasteiger partial charge in [-0.15, -0.1) is 0 Å². The highest BCUT2D eigenvalue weighted by molar-refractivity contribution is 6.32. The Bertz CT molecular complexity index is 429. The lowest BCUT2D eigenvalue weighted by Crippen LogP contribution is -2.24. The van der Waals surface area contributed by atoms with E-state index in [0.717, 1.165) is 10.9 Å². The summed E-state index contributed by atoms with van der Waals surface area (Å²) in [7, 11) is 0. The van der Waals surface area contributed by atoms with E-state index in [9.17, 15) is 14.9 Å². The van der Waals surface area contributed by atoms with Crippen LogP contribution >= 0.6 is 11.6 Å². The molecule has 0 aliphatic heterocycles. The first-order valence-electron chi connectivity index (χ1n) is 4.46. The number of nitrogens with zero attached hydrogens (tertiary/aromatic N) is 3. The van der Waals surface area contributed by atoms with Crippen LogP contribution < -0.4 is 0 Å². The molecule has 0 spiro atoms. The summed E-state index contributed by atoms with van der Waals surface area (Å²) >= 11 is 5.58. The van der Waals surface area contributed by atoms with Crippen LogP contribution in [0.3, 0.4) is 0 Å². The van der Waals surface area contributed by atoms with E-state index >= 15 is 0 Å². The van der Waals surface area contributed by atoms with Crippen LogP contribution in [0.2, 0.25) is 5.02 Å². The van der Waals surface area contributed by atoms with E-state index in [4.69, 9.17) is 16.7 Å². The van der Waals surface area contributed by atoms with Crippen LogP contribution in [-0.2, 0) is 4.79 Å². The summed E-state index contributed by atoms with van der Waals surface area (Å²) in [6.07, 6.45) is 1.15. The fourth-order valence-corrected chi connectivity index (χ4v) is 1.54. The molecule has 1 aromatic heterocycles. The summed E-state index contributed by atoms with van der Waals surface area (Å²) in [6, 6.07) is -0.966. The molecular formula is C8H10ClN3O4. The molecule has 0 aliphatic carbocycles. The zero-order valence-electron chi connectivity index (χ0n) is 8.62. The number of hydrogen-bond acceptors (Lipinski definition) is 4. The Morgan fingerprint density at radius 2 is 2.25 bits per heavy atom. The van der Waals surface area contributed by atoms with Crippen molar-refractivity contribution in [3.63, 3.8) is 0 Å². The number of halogens is 1. The summed E-state index contributed by atoms with van der Waals surface area (Å²) in [6.45, 7) is 3.36. The van der Waals surface area contributed by atoms with Gasteiger partial charge < -0.3 is 15.2 Å². The molecule has 8 heteroatoms. The molecule has 0 bridgehead atoms. The van der Waals surface area contributed by atoms with Crippen LogP contribution in [0.5, 0.6) is 0 Å². The molecule has 1 rings (SSSR count). The number of hydrogen-bond donors (Lipinski definition) is 1. The number of carboxylic acids is 1. The summed E-state index contributed by atoms with van der Waals surface area (Å²) in [5.41, 5.74) is 0. The maximum Gasteiger partial charge on any atom is 0.408 e. The second-order valence-electron chi connectivity index (χ2n) is 3.56. The van der Waals surface area contributed by atoms with Gasteiger partial charge in [0.1, 0.15) is 0 Å². The van der Waals surface area contributed by atoms with E-state index in [1.54, 1.807) is 13.8 Å². The summed E-state index contributed by atoms with van der Waals surface area (Å²) in [4.78, 5) is 20.7. The first-order chi connectivity index (χ1) is 7.34. The Kier molecular flexibility index (Phi) is 3.48. The molecule has 1 N–H and O–H groups in total. The second kappa shape index (κ2) is 4.48. The van der Waals surface area contributed by atoms with Gasteiger partial charge in [0.15, 0.2) is 11.1 Å². The lowest BCUT2D eigenvalue weighted by Gasteiger charge is -2.12. The Morgan fingerprint density at radius 3 is 2.56 bits per heavy atom. The summed E-state index contributed by atoms with van der Waals surface area (Å²) in [5.74, 6) is -1.90. The van der Waals surface area contributed by atoms with Gasteiger partial charge >= 0.3 is 11.8 Å². The van der Waals surface area contributed by atoms with Crippen molar-refractivity contribution in [2.75, 3.05) is 0 Å². The fraction of sp³-hybridized carbons (Fsp3) is 0.500. The zero-order valence-corrected chi connectivity index (χ0v) is 9.38. The van der Waals surface area contributed by atoms with Crippen molar-refractivity contribution >= 4 is 23.4 Å².